The average molecular weight is 128 g/mol. The average Bonchev–Trinajstić information content (AvgIpc) is 1.87. The van der Waals surface area contributed by atoms with Gasteiger partial charge in [-0.25, -0.2) is 4.79 Å². The lowest BCUT2D eigenvalue weighted by atomic mass is 10.6. The van der Waals surface area contributed by atoms with E-state index in [-0.39, 0.29) is 6.03 Å². The van der Waals surface area contributed by atoms with Gasteiger partial charge in [0, 0.05) is 20.3 Å². The Labute approximate surface area is 55.3 Å². The van der Waals surface area contributed by atoms with Crippen LogP contribution in [0.4, 0.5) is 4.79 Å². The number of hydrogen-bond donors (Lipinski definition) is 1. The lowest BCUT2D eigenvalue weighted by Crippen LogP contribution is -2.30. The first-order valence-electron chi connectivity index (χ1n) is 2.79. The SMILES string of the molecule is C/C=C\N(C)C(=O)NC. The number of nitrogens with zero attached hydrogens (tertiary/aromatic N) is 1. The van der Waals surface area contributed by atoms with Crippen LogP contribution in [0, 0.1) is 0 Å². The van der Waals surface area contributed by atoms with E-state index in [1.54, 1.807) is 26.4 Å². The molecule has 0 aliphatic heterocycles. The van der Waals surface area contributed by atoms with Gasteiger partial charge in [-0.05, 0) is 6.92 Å². The second-order valence-corrected chi connectivity index (χ2v) is 1.65. The molecule has 0 rings (SSSR count). The van der Waals surface area contributed by atoms with E-state index in [1.807, 2.05) is 6.92 Å². The van der Waals surface area contributed by atoms with Gasteiger partial charge in [-0.15, -0.1) is 0 Å². The summed E-state index contributed by atoms with van der Waals surface area (Å²) in [6, 6.07) is -0.104. The predicted octanol–water partition coefficient (Wildman–Crippen LogP) is 0.791. The highest BCUT2D eigenvalue weighted by Gasteiger charge is 1.97. The van der Waals surface area contributed by atoms with Crippen LogP contribution < -0.4 is 5.32 Å². The van der Waals surface area contributed by atoms with E-state index >= 15 is 0 Å². The maximum atomic E-state index is 10.7. The molecule has 2 amide bonds. The van der Waals surface area contributed by atoms with Gasteiger partial charge in [0.25, 0.3) is 0 Å². The first kappa shape index (κ1) is 8.01. The summed E-state index contributed by atoms with van der Waals surface area (Å²) in [4.78, 5) is 12.1. The molecule has 0 aliphatic carbocycles. The van der Waals surface area contributed by atoms with Gasteiger partial charge in [0.1, 0.15) is 0 Å². The number of rotatable bonds is 1. The van der Waals surface area contributed by atoms with Crippen molar-refractivity contribution in [3.63, 3.8) is 0 Å². The van der Waals surface area contributed by atoms with Gasteiger partial charge in [-0.3, -0.25) is 0 Å². The zero-order chi connectivity index (χ0) is 7.28. The van der Waals surface area contributed by atoms with Gasteiger partial charge in [-0.2, -0.15) is 0 Å². The molecule has 0 fully saturated rings. The predicted molar refractivity (Wildman–Crippen MR) is 37.0 cm³/mol. The van der Waals surface area contributed by atoms with Crippen LogP contribution in [0.25, 0.3) is 0 Å². The van der Waals surface area contributed by atoms with Crippen molar-refractivity contribution < 1.29 is 4.79 Å². The fourth-order valence-electron chi connectivity index (χ4n) is 0.468. The van der Waals surface area contributed by atoms with E-state index in [9.17, 15) is 4.79 Å². The highest BCUT2D eigenvalue weighted by Crippen LogP contribution is 1.83. The molecule has 0 radical (unpaired) electrons. The topological polar surface area (TPSA) is 32.3 Å². The first-order valence-corrected chi connectivity index (χ1v) is 2.79. The van der Waals surface area contributed by atoms with Crippen molar-refractivity contribution in [3.05, 3.63) is 12.3 Å². The summed E-state index contributed by atoms with van der Waals surface area (Å²) in [6.45, 7) is 1.86. The van der Waals surface area contributed by atoms with E-state index in [0.29, 0.717) is 0 Å². The lowest BCUT2D eigenvalue weighted by molar-refractivity contribution is 0.224. The maximum absolute atomic E-state index is 10.7. The van der Waals surface area contributed by atoms with Crippen molar-refractivity contribution in [1.29, 1.82) is 0 Å². The van der Waals surface area contributed by atoms with E-state index in [0.717, 1.165) is 0 Å². The van der Waals surface area contributed by atoms with E-state index in [4.69, 9.17) is 0 Å². The Bertz CT molecular complexity index is 120. The monoisotopic (exact) mass is 128 g/mol. The van der Waals surface area contributed by atoms with Crippen LogP contribution in [0.1, 0.15) is 6.92 Å². The molecular formula is C6H12N2O. The quantitative estimate of drug-likeness (QED) is 0.556. The number of allylic oxidation sites excluding steroid dienone is 1. The lowest BCUT2D eigenvalue weighted by Gasteiger charge is -2.09. The van der Waals surface area contributed by atoms with Crippen molar-refractivity contribution in [2.45, 2.75) is 6.92 Å². The Balaban J connectivity index is 3.72. The Morgan fingerprint density at radius 2 is 2.22 bits per heavy atom. The van der Waals surface area contributed by atoms with Gasteiger partial charge in [0.05, 0.1) is 0 Å². The Hall–Kier alpha value is -0.990. The molecule has 9 heavy (non-hydrogen) atoms. The molecule has 0 saturated carbocycles. The van der Waals surface area contributed by atoms with Gasteiger partial charge in [0.15, 0.2) is 0 Å². The summed E-state index contributed by atoms with van der Waals surface area (Å²) < 4.78 is 0. The van der Waals surface area contributed by atoms with Crippen LogP contribution in [0.2, 0.25) is 0 Å². The fraction of sp³-hybridized carbons (Fsp3) is 0.500. The first-order chi connectivity index (χ1) is 4.22. The maximum Gasteiger partial charge on any atom is 0.320 e. The molecule has 0 spiro atoms. The number of carbonyl (C=O) groups is 1. The highest BCUT2D eigenvalue weighted by atomic mass is 16.2. The third-order valence-corrected chi connectivity index (χ3v) is 0.907. The molecule has 0 atom stereocenters. The minimum atomic E-state index is -0.104. The Kier molecular flexibility index (Phi) is 3.51. The molecule has 52 valence electrons. The van der Waals surface area contributed by atoms with Gasteiger partial charge in [-0.1, -0.05) is 6.08 Å². The molecule has 0 aromatic rings. The summed E-state index contributed by atoms with van der Waals surface area (Å²) >= 11 is 0. The minimum absolute atomic E-state index is 0.104. The minimum Gasteiger partial charge on any atom is -0.341 e. The summed E-state index contributed by atoms with van der Waals surface area (Å²) in [5.41, 5.74) is 0. The largest absolute Gasteiger partial charge is 0.341 e. The van der Waals surface area contributed by atoms with Crippen molar-refractivity contribution in [2.24, 2.45) is 0 Å². The van der Waals surface area contributed by atoms with E-state index < -0.39 is 0 Å². The number of carbonyl (C=O) groups excluding carboxylic acids is 1. The van der Waals surface area contributed by atoms with Crippen LogP contribution in [0.3, 0.4) is 0 Å². The van der Waals surface area contributed by atoms with Crippen LogP contribution in [-0.2, 0) is 0 Å². The van der Waals surface area contributed by atoms with Crippen molar-refractivity contribution >= 4 is 6.03 Å². The molecule has 1 N–H and O–H groups in total. The van der Waals surface area contributed by atoms with Crippen molar-refractivity contribution in [1.82, 2.24) is 10.2 Å². The Morgan fingerprint density at radius 1 is 1.67 bits per heavy atom. The third-order valence-electron chi connectivity index (χ3n) is 0.907. The fourth-order valence-corrected chi connectivity index (χ4v) is 0.468. The molecule has 0 unspecified atom stereocenters. The normalized spacial score (nSPS) is 9.67. The number of urea groups is 1. The summed E-state index contributed by atoms with van der Waals surface area (Å²) in [6.07, 6.45) is 3.49. The molecule has 0 aromatic carbocycles. The van der Waals surface area contributed by atoms with E-state index in [2.05, 4.69) is 5.32 Å². The molecule has 0 heterocycles. The molecule has 0 aromatic heterocycles. The molecule has 3 nitrogen and oxygen atoms in total. The zero-order valence-corrected chi connectivity index (χ0v) is 6.01. The second-order valence-electron chi connectivity index (χ2n) is 1.65. The molecule has 3 heteroatoms. The van der Waals surface area contributed by atoms with E-state index in [1.165, 1.54) is 4.90 Å². The van der Waals surface area contributed by atoms with Crippen LogP contribution in [-0.4, -0.2) is 25.0 Å². The van der Waals surface area contributed by atoms with Gasteiger partial charge >= 0.3 is 6.03 Å². The zero-order valence-electron chi connectivity index (χ0n) is 6.01. The number of hydrogen-bond acceptors (Lipinski definition) is 1. The Morgan fingerprint density at radius 3 is 2.56 bits per heavy atom. The van der Waals surface area contributed by atoms with Crippen molar-refractivity contribution in [3.8, 4) is 0 Å². The summed E-state index contributed by atoms with van der Waals surface area (Å²) in [7, 11) is 3.29. The number of amides is 2. The molecule has 0 saturated heterocycles. The standard InChI is InChI=1S/C6H12N2O/c1-4-5-8(3)6(9)7-2/h4-5H,1-3H3,(H,7,9)/b5-4-. The molecular weight excluding hydrogens is 116 g/mol. The van der Waals surface area contributed by atoms with Crippen LogP contribution >= 0.6 is 0 Å². The second kappa shape index (κ2) is 3.95. The van der Waals surface area contributed by atoms with Crippen LogP contribution in [0.5, 0.6) is 0 Å². The van der Waals surface area contributed by atoms with Gasteiger partial charge < -0.3 is 10.2 Å². The van der Waals surface area contributed by atoms with Gasteiger partial charge in [0.2, 0.25) is 0 Å². The third kappa shape index (κ3) is 2.74. The highest BCUT2D eigenvalue weighted by molar-refractivity contribution is 5.74. The summed E-state index contributed by atoms with van der Waals surface area (Å²) in [5.74, 6) is 0. The smallest absolute Gasteiger partial charge is 0.320 e. The summed E-state index contributed by atoms with van der Waals surface area (Å²) in [5, 5.41) is 2.49. The number of nitrogens with one attached hydrogen (secondary N) is 1. The molecule has 0 aliphatic rings. The molecule has 0 bridgehead atoms. The van der Waals surface area contributed by atoms with Crippen molar-refractivity contribution in [2.75, 3.05) is 14.1 Å². The van der Waals surface area contributed by atoms with Crippen LogP contribution in [0.15, 0.2) is 12.3 Å².